The van der Waals surface area contributed by atoms with E-state index in [2.05, 4.69) is 46.0 Å². The Bertz CT molecular complexity index is 711. The average Bonchev–Trinajstić information content (AvgIpc) is 3.12. The molecule has 0 bridgehead atoms. The van der Waals surface area contributed by atoms with Crippen molar-refractivity contribution in [1.29, 1.82) is 0 Å². The number of nitrogens with zero attached hydrogens (tertiary/aromatic N) is 4. The third-order valence-corrected chi connectivity index (χ3v) is 5.47. The van der Waals surface area contributed by atoms with Crippen LogP contribution in [0.5, 0.6) is 0 Å². The molecule has 0 radical (unpaired) electrons. The van der Waals surface area contributed by atoms with Crippen LogP contribution >= 0.6 is 0 Å². The maximum atomic E-state index is 10.2. The predicted octanol–water partition coefficient (Wildman–Crippen LogP) is 3.08. The van der Waals surface area contributed by atoms with Crippen LogP contribution in [0.1, 0.15) is 32.3 Å². The van der Waals surface area contributed by atoms with E-state index in [1.54, 1.807) is 0 Å². The van der Waals surface area contributed by atoms with E-state index < -0.39 is 0 Å². The van der Waals surface area contributed by atoms with Gasteiger partial charge in [0.2, 0.25) is 5.88 Å². The molecule has 6 nitrogen and oxygen atoms in total. The molecule has 0 unspecified atom stereocenters. The number of aliphatic hydroxyl groups excluding tert-OH is 1. The summed E-state index contributed by atoms with van der Waals surface area (Å²) in [5.74, 6) is 0.888. The molecule has 1 aromatic heterocycles. The standard InChI is InChI=1S/C22H34N4O2/c1-4-11-25(16-19(27)5-2)17-20-21(18-9-7-6-8-10-18)23-28-22(20)26-14-12-24(3)13-15-26/h6-10,19,27H,4-5,11-17H2,1-3H3/t19-/m1/s1. The molecule has 3 rings (SSSR count). The van der Waals surface area contributed by atoms with Crippen LogP contribution in [0.3, 0.4) is 0 Å². The molecule has 1 N–H and O–H groups in total. The third-order valence-electron chi connectivity index (χ3n) is 5.47. The molecule has 28 heavy (non-hydrogen) atoms. The Hall–Kier alpha value is -1.89. The number of likely N-dealkylation sites (N-methyl/N-ethyl adjacent to an activating group) is 1. The Labute approximate surface area is 168 Å². The highest BCUT2D eigenvalue weighted by Crippen LogP contribution is 2.33. The van der Waals surface area contributed by atoms with E-state index in [1.165, 1.54) is 0 Å². The van der Waals surface area contributed by atoms with E-state index in [1.807, 2.05) is 25.1 Å². The second-order valence-electron chi connectivity index (χ2n) is 7.77. The van der Waals surface area contributed by atoms with Crippen molar-refractivity contribution in [2.24, 2.45) is 0 Å². The lowest BCUT2D eigenvalue weighted by atomic mass is 10.1. The van der Waals surface area contributed by atoms with Crippen molar-refractivity contribution in [3.8, 4) is 11.3 Å². The first-order valence-electron chi connectivity index (χ1n) is 10.5. The van der Waals surface area contributed by atoms with Gasteiger partial charge in [0.05, 0.1) is 11.7 Å². The van der Waals surface area contributed by atoms with Gasteiger partial charge >= 0.3 is 0 Å². The van der Waals surface area contributed by atoms with Crippen molar-refractivity contribution in [3.63, 3.8) is 0 Å². The molecule has 2 heterocycles. The van der Waals surface area contributed by atoms with Crippen LogP contribution in [0.25, 0.3) is 11.3 Å². The fourth-order valence-corrected chi connectivity index (χ4v) is 3.73. The zero-order valence-corrected chi connectivity index (χ0v) is 17.5. The Morgan fingerprint density at radius 2 is 1.86 bits per heavy atom. The lowest BCUT2D eigenvalue weighted by Crippen LogP contribution is -2.44. The monoisotopic (exact) mass is 386 g/mol. The maximum Gasteiger partial charge on any atom is 0.232 e. The first-order chi connectivity index (χ1) is 13.6. The summed E-state index contributed by atoms with van der Waals surface area (Å²) in [5, 5.41) is 14.7. The van der Waals surface area contributed by atoms with Gasteiger partial charge in [-0.1, -0.05) is 49.3 Å². The summed E-state index contributed by atoms with van der Waals surface area (Å²) in [4.78, 5) is 6.98. The summed E-state index contributed by atoms with van der Waals surface area (Å²) in [6.07, 6.45) is 1.51. The highest BCUT2D eigenvalue weighted by molar-refractivity contribution is 5.68. The van der Waals surface area contributed by atoms with Gasteiger partial charge in [-0.15, -0.1) is 0 Å². The molecule has 1 aliphatic heterocycles. The molecular weight excluding hydrogens is 352 g/mol. The number of piperazine rings is 1. The Kier molecular flexibility index (Phi) is 7.48. The molecule has 0 saturated carbocycles. The molecule has 6 heteroatoms. The Balaban J connectivity index is 1.91. The number of aliphatic hydroxyl groups is 1. The van der Waals surface area contributed by atoms with Gasteiger partial charge in [-0.2, -0.15) is 0 Å². The summed E-state index contributed by atoms with van der Waals surface area (Å²) in [5.41, 5.74) is 3.13. The van der Waals surface area contributed by atoms with Crippen molar-refractivity contribution in [2.45, 2.75) is 39.3 Å². The number of hydrogen-bond acceptors (Lipinski definition) is 6. The minimum Gasteiger partial charge on any atom is -0.392 e. The van der Waals surface area contributed by atoms with Crippen molar-refractivity contribution < 1.29 is 9.63 Å². The van der Waals surface area contributed by atoms with E-state index >= 15 is 0 Å². The largest absolute Gasteiger partial charge is 0.392 e. The molecule has 1 saturated heterocycles. The number of hydrogen-bond donors (Lipinski definition) is 1. The summed E-state index contributed by atoms with van der Waals surface area (Å²) < 4.78 is 5.90. The SMILES string of the molecule is CCCN(Cc1c(-c2ccccc2)noc1N1CCN(C)CC1)C[C@H](O)CC. The molecule has 2 aromatic rings. The second kappa shape index (κ2) is 10.0. The van der Waals surface area contributed by atoms with Gasteiger partial charge in [0.1, 0.15) is 5.69 Å². The van der Waals surface area contributed by atoms with Crippen LogP contribution < -0.4 is 4.90 Å². The number of benzene rings is 1. The first kappa shape index (κ1) is 20.8. The van der Waals surface area contributed by atoms with Crippen LogP contribution in [0.2, 0.25) is 0 Å². The quantitative estimate of drug-likeness (QED) is 0.715. The minimum atomic E-state index is -0.307. The average molecular weight is 387 g/mol. The molecule has 1 atom stereocenters. The van der Waals surface area contributed by atoms with E-state index in [-0.39, 0.29) is 6.10 Å². The van der Waals surface area contributed by atoms with Crippen molar-refractivity contribution >= 4 is 5.88 Å². The van der Waals surface area contributed by atoms with Crippen LogP contribution in [-0.4, -0.2) is 72.5 Å². The van der Waals surface area contributed by atoms with Crippen molar-refractivity contribution in [3.05, 3.63) is 35.9 Å². The molecule has 0 amide bonds. The predicted molar refractivity (Wildman–Crippen MR) is 114 cm³/mol. The van der Waals surface area contributed by atoms with E-state index in [4.69, 9.17) is 4.52 Å². The summed E-state index contributed by atoms with van der Waals surface area (Å²) in [6, 6.07) is 10.3. The highest BCUT2D eigenvalue weighted by Gasteiger charge is 2.26. The highest BCUT2D eigenvalue weighted by atomic mass is 16.5. The van der Waals surface area contributed by atoms with Gasteiger partial charge in [0, 0.05) is 44.8 Å². The van der Waals surface area contributed by atoms with Crippen LogP contribution in [0.15, 0.2) is 34.9 Å². The molecule has 1 aromatic carbocycles. The molecule has 0 spiro atoms. The van der Waals surface area contributed by atoms with Crippen molar-refractivity contribution in [2.75, 3.05) is 51.2 Å². The van der Waals surface area contributed by atoms with E-state index in [0.717, 1.165) is 74.8 Å². The maximum absolute atomic E-state index is 10.2. The number of aromatic nitrogens is 1. The van der Waals surface area contributed by atoms with Gasteiger partial charge in [0.25, 0.3) is 0 Å². The number of anilines is 1. The number of rotatable bonds is 9. The molecule has 1 fully saturated rings. The Morgan fingerprint density at radius 3 is 2.50 bits per heavy atom. The van der Waals surface area contributed by atoms with Gasteiger partial charge < -0.3 is 19.4 Å². The topological polar surface area (TPSA) is 56.0 Å². The third kappa shape index (κ3) is 5.13. The zero-order valence-electron chi connectivity index (χ0n) is 17.5. The molecule has 0 aliphatic carbocycles. The van der Waals surface area contributed by atoms with Gasteiger partial charge in [-0.25, -0.2) is 0 Å². The van der Waals surface area contributed by atoms with Crippen LogP contribution in [0.4, 0.5) is 5.88 Å². The molecule has 154 valence electrons. The van der Waals surface area contributed by atoms with E-state index in [0.29, 0.717) is 6.54 Å². The first-order valence-corrected chi connectivity index (χ1v) is 10.5. The van der Waals surface area contributed by atoms with Gasteiger partial charge in [-0.05, 0) is 26.4 Å². The lowest BCUT2D eigenvalue weighted by Gasteiger charge is -2.33. The minimum absolute atomic E-state index is 0.307. The Morgan fingerprint density at radius 1 is 1.14 bits per heavy atom. The normalized spacial score (nSPS) is 16.7. The fourth-order valence-electron chi connectivity index (χ4n) is 3.73. The van der Waals surface area contributed by atoms with Gasteiger partial charge in [0.15, 0.2) is 0 Å². The van der Waals surface area contributed by atoms with Crippen LogP contribution in [0, 0.1) is 0 Å². The lowest BCUT2D eigenvalue weighted by molar-refractivity contribution is 0.105. The molecule has 1 aliphatic rings. The van der Waals surface area contributed by atoms with E-state index in [9.17, 15) is 5.11 Å². The second-order valence-corrected chi connectivity index (χ2v) is 7.77. The zero-order chi connectivity index (χ0) is 19.9. The summed E-state index contributed by atoms with van der Waals surface area (Å²) >= 11 is 0. The summed E-state index contributed by atoms with van der Waals surface area (Å²) in [7, 11) is 2.16. The smallest absolute Gasteiger partial charge is 0.232 e. The fraction of sp³-hybridized carbons (Fsp3) is 0.591. The van der Waals surface area contributed by atoms with Gasteiger partial charge in [-0.3, -0.25) is 4.90 Å². The summed E-state index contributed by atoms with van der Waals surface area (Å²) in [6.45, 7) is 10.5. The van der Waals surface area contributed by atoms with Crippen LogP contribution in [-0.2, 0) is 6.54 Å². The molecular formula is C22H34N4O2. The van der Waals surface area contributed by atoms with Crippen molar-refractivity contribution in [1.82, 2.24) is 15.0 Å².